The van der Waals surface area contributed by atoms with Crippen molar-refractivity contribution in [1.82, 2.24) is 0 Å². The van der Waals surface area contributed by atoms with Gasteiger partial charge in [0.15, 0.2) is 0 Å². The number of benzene rings is 2. The molecule has 140 valence electrons. The van der Waals surface area contributed by atoms with Gasteiger partial charge in [-0.05, 0) is 0 Å². The summed E-state index contributed by atoms with van der Waals surface area (Å²) < 4.78 is 3.41. The van der Waals surface area contributed by atoms with E-state index in [9.17, 15) is 0 Å². The Morgan fingerprint density at radius 2 is 0.966 bits per heavy atom. The van der Waals surface area contributed by atoms with Crippen LogP contribution in [0.15, 0.2) is 72.8 Å². The molecule has 0 saturated carbocycles. The molecule has 29 heavy (non-hydrogen) atoms. The Morgan fingerprint density at radius 3 is 1.45 bits per heavy atom. The number of fused-ring (bicyclic) bond motifs is 6. The van der Waals surface area contributed by atoms with E-state index < -0.39 is 23.2 Å². The molecule has 5 heteroatoms. The molecule has 0 unspecified atom stereocenters. The van der Waals surface area contributed by atoms with Crippen molar-refractivity contribution in [3.8, 4) is 22.3 Å². The normalized spacial score (nSPS) is 12.4. The third-order valence-electron chi connectivity index (χ3n) is 5.54. The van der Waals surface area contributed by atoms with Crippen molar-refractivity contribution in [2.45, 2.75) is 12.8 Å². The van der Waals surface area contributed by atoms with Crippen molar-refractivity contribution in [1.29, 1.82) is 0 Å². The summed E-state index contributed by atoms with van der Waals surface area (Å²) in [6.07, 6.45) is 2.29. The summed E-state index contributed by atoms with van der Waals surface area (Å²) in [5.41, 5.74) is 8.92. The number of hydrogen-bond donors (Lipinski definition) is 0. The average Bonchev–Trinajstić information content (AvgIpc) is 3.25. The van der Waals surface area contributed by atoms with Crippen molar-refractivity contribution in [2.24, 2.45) is 0 Å². The molecule has 0 bridgehead atoms. The third-order valence-corrected chi connectivity index (χ3v) is 12.7. The van der Waals surface area contributed by atoms with Crippen molar-refractivity contribution in [3.05, 3.63) is 94.5 Å². The second kappa shape index (κ2) is 8.75. The quantitative estimate of drug-likeness (QED) is 0.298. The number of rotatable bonds is 2. The van der Waals surface area contributed by atoms with Crippen LogP contribution in [0.4, 0.5) is 0 Å². The first kappa shape index (κ1) is 21.4. The van der Waals surface area contributed by atoms with Crippen molar-refractivity contribution in [3.63, 3.8) is 0 Å². The molecule has 0 radical (unpaired) electrons. The van der Waals surface area contributed by atoms with Crippen LogP contribution in [0.3, 0.4) is 0 Å². The molecule has 0 aliphatic heterocycles. The molecule has 2 aromatic heterocycles. The minimum atomic E-state index is -0.681. The Labute approximate surface area is 198 Å². The van der Waals surface area contributed by atoms with Crippen LogP contribution in [0.25, 0.3) is 22.3 Å². The standard InChI is InChI=1S/2C12H8P.2ClH.Zr/c2*1-2-5-10-9(4-1)8-12-11(10)6-3-7-13-12;;;/h2*1-6H,8H2;2*1H;/q;;;;+2/p-2. The van der Waals surface area contributed by atoms with E-state index in [1.165, 1.54) is 49.8 Å². The molecule has 0 nitrogen and oxygen atoms in total. The zero-order valence-electron chi connectivity index (χ0n) is 15.5. The van der Waals surface area contributed by atoms with Gasteiger partial charge in [0, 0.05) is 0 Å². The van der Waals surface area contributed by atoms with E-state index in [4.69, 9.17) is 0 Å². The average molecular weight is 528 g/mol. The Balaban J connectivity index is 0.00000102. The van der Waals surface area contributed by atoms with E-state index in [1.807, 2.05) is 0 Å². The Hall–Kier alpha value is -0.797. The molecule has 2 aromatic carbocycles. The fourth-order valence-corrected chi connectivity index (χ4v) is 12.6. The molecule has 2 heterocycles. The number of hydrogen-bond acceptors (Lipinski definition) is 0. The SMILES string of the molecule is [Cl-].[Cl-].c1ccc2c(c1)Cc1p[c]([Zr+2][c]3ccc4c(p3)Cc3ccccc3-4)ccc1-2. The molecule has 0 amide bonds. The summed E-state index contributed by atoms with van der Waals surface area (Å²) in [5, 5.41) is 3.25. The molecule has 2 aliphatic carbocycles. The molecular formula is C24H16Cl2P2Zr. The summed E-state index contributed by atoms with van der Waals surface area (Å²) in [4.78, 5) is 0. The molecule has 0 saturated heterocycles. The van der Waals surface area contributed by atoms with Gasteiger partial charge in [-0.2, -0.15) is 0 Å². The van der Waals surface area contributed by atoms with Crippen molar-refractivity contribution in [2.75, 3.05) is 0 Å². The van der Waals surface area contributed by atoms with Crippen LogP contribution >= 0.6 is 16.4 Å². The van der Waals surface area contributed by atoms with E-state index in [-0.39, 0.29) is 24.8 Å². The second-order valence-electron chi connectivity index (χ2n) is 7.17. The van der Waals surface area contributed by atoms with E-state index in [2.05, 4.69) is 72.8 Å². The summed E-state index contributed by atoms with van der Waals surface area (Å²) in [6.45, 7) is 0. The zero-order chi connectivity index (χ0) is 17.8. The van der Waals surface area contributed by atoms with Gasteiger partial charge in [0.1, 0.15) is 0 Å². The maximum absolute atomic E-state index is 2.44. The van der Waals surface area contributed by atoms with E-state index in [0.717, 1.165) is 12.8 Å². The first-order valence-electron chi connectivity index (χ1n) is 9.28. The fourth-order valence-electron chi connectivity index (χ4n) is 4.27. The van der Waals surface area contributed by atoms with Crippen LogP contribution in [0.5, 0.6) is 0 Å². The molecule has 4 aromatic rings. The molecule has 0 atom stereocenters. The Kier molecular flexibility index (Phi) is 6.47. The summed E-state index contributed by atoms with van der Waals surface area (Å²) in [7, 11) is 3.00. The fraction of sp³-hybridized carbons (Fsp3) is 0.0833. The summed E-state index contributed by atoms with van der Waals surface area (Å²) >= 11 is -0.681. The van der Waals surface area contributed by atoms with Gasteiger partial charge in [0.2, 0.25) is 0 Å². The van der Waals surface area contributed by atoms with Gasteiger partial charge < -0.3 is 24.8 Å². The van der Waals surface area contributed by atoms with Gasteiger partial charge in [-0.15, -0.1) is 0 Å². The van der Waals surface area contributed by atoms with E-state index in [0.29, 0.717) is 0 Å². The van der Waals surface area contributed by atoms with Gasteiger partial charge in [0.25, 0.3) is 0 Å². The molecule has 2 aliphatic rings. The van der Waals surface area contributed by atoms with Crippen molar-refractivity contribution >= 4 is 22.4 Å². The molecule has 0 N–H and O–H groups in total. The van der Waals surface area contributed by atoms with Crippen LogP contribution in [-0.4, -0.2) is 0 Å². The first-order chi connectivity index (χ1) is 13.3. The van der Waals surface area contributed by atoms with Crippen LogP contribution in [0.2, 0.25) is 0 Å². The van der Waals surface area contributed by atoms with Crippen molar-refractivity contribution < 1.29 is 48.0 Å². The third kappa shape index (κ3) is 3.83. The minimum absolute atomic E-state index is 0. The predicted octanol–water partition coefficient (Wildman–Crippen LogP) is 0.0305. The van der Waals surface area contributed by atoms with E-state index >= 15 is 0 Å². The van der Waals surface area contributed by atoms with Gasteiger partial charge in [-0.1, -0.05) is 0 Å². The summed E-state index contributed by atoms with van der Waals surface area (Å²) in [5.74, 6) is 0. The molecule has 6 rings (SSSR count). The summed E-state index contributed by atoms with van der Waals surface area (Å²) in [6, 6.07) is 27.5. The number of halogens is 2. The maximum atomic E-state index is 2.44. The Morgan fingerprint density at radius 1 is 0.517 bits per heavy atom. The molecule has 0 fully saturated rings. The zero-order valence-corrected chi connectivity index (χ0v) is 21.3. The van der Waals surface area contributed by atoms with Crippen LogP contribution in [-0.2, 0) is 36.1 Å². The predicted molar refractivity (Wildman–Crippen MR) is 114 cm³/mol. The van der Waals surface area contributed by atoms with Gasteiger partial charge in [-0.25, -0.2) is 0 Å². The van der Waals surface area contributed by atoms with E-state index in [1.54, 1.807) is 16.6 Å². The van der Waals surface area contributed by atoms with Gasteiger partial charge in [-0.3, -0.25) is 0 Å². The van der Waals surface area contributed by atoms with Gasteiger partial charge in [0.05, 0.1) is 0 Å². The van der Waals surface area contributed by atoms with Crippen LogP contribution < -0.4 is 30.8 Å². The topological polar surface area (TPSA) is 0 Å². The Bertz CT molecular complexity index is 1130. The molecule has 0 spiro atoms. The first-order valence-corrected chi connectivity index (χ1v) is 13.5. The van der Waals surface area contributed by atoms with Gasteiger partial charge >= 0.3 is 175 Å². The molecular weight excluding hydrogens is 512 g/mol. The second-order valence-corrected chi connectivity index (χ2v) is 15.0. The van der Waals surface area contributed by atoms with Crippen LogP contribution in [0, 0.1) is 0 Å². The monoisotopic (exact) mass is 526 g/mol. The van der Waals surface area contributed by atoms with Crippen LogP contribution in [0.1, 0.15) is 21.7 Å².